The molecule has 1 fully saturated rings. The van der Waals surface area contributed by atoms with Gasteiger partial charge < -0.3 is 14.4 Å². The summed E-state index contributed by atoms with van der Waals surface area (Å²) < 4.78 is 5.96. The lowest BCUT2D eigenvalue weighted by Gasteiger charge is -2.32. The van der Waals surface area contributed by atoms with Gasteiger partial charge in [-0.2, -0.15) is 0 Å². The molecule has 0 bridgehead atoms. The molecule has 0 spiro atoms. The monoisotopic (exact) mass is 229 g/mol. The molecule has 0 radical (unpaired) electrons. The number of rotatable bonds is 2. The number of thioether (sulfide) groups is 1. The van der Waals surface area contributed by atoms with Crippen LogP contribution in [-0.4, -0.2) is 26.3 Å². The summed E-state index contributed by atoms with van der Waals surface area (Å²) in [6.45, 7) is 0.556. The van der Waals surface area contributed by atoms with Gasteiger partial charge in [0.2, 0.25) is 0 Å². The fourth-order valence-electron chi connectivity index (χ4n) is 1.35. The molecule has 0 aromatic carbocycles. The SMILES string of the molecule is O[C@H]1CCSC(=S)N1Cc1ccco1. The fourth-order valence-corrected chi connectivity index (χ4v) is 2.64. The Morgan fingerprint density at radius 1 is 1.71 bits per heavy atom. The molecule has 3 nitrogen and oxygen atoms in total. The van der Waals surface area contributed by atoms with Crippen molar-refractivity contribution in [3.05, 3.63) is 24.2 Å². The van der Waals surface area contributed by atoms with Crippen molar-refractivity contribution in [1.29, 1.82) is 0 Å². The molecule has 1 aromatic rings. The topological polar surface area (TPSA) is 36.6 Å². The maximum atomic E-state index is 9.72. The van der Waals surface area contributed by atoms with Crippen LogP contribution in [0.15, 0.2) is 22.8 Å². The van der Waals surface area contributed by atoms with Crippen LogP contribution < -0.4 is 0 Å². The molecule has 1 saturated heterocycles. The molecule has 2 heterocycles. The van der Waals surface area contributed by atoms with Gasteiger partial charge in [-0.1, -0.05) is 24.0 Å². The minimum Gasteiger partial charge on any atom is -0.467 e. The summed E-state index contributed by atoms with van der Waals surface area (Å²) in [6.07, 6.45) is 1.92. The van der Waals surface area contributed by atoms with Crippen LogP contribution in [0.4, 0.5) is 0 Å². The van der Waals surface area contributed by atoms with Crippen molar-refractivity contribution in [3.8, 4) is 0 Å². The van der Waals surface area contributed by atoms with Crippen molar-refractivity contribution in [2.75, 3.05) is 5.75 Å². The average Bonchev–Trinajstić information content (AvgIpc) is 2.64. The van der Waals surface area contributed by atoms with Crippen molar-refractivity contribution < 1.29 is 9.52 Å². The highest BCUT2D eigenvalue weighted by Gasteiger charge is 2.24. The van der Waals surface area contributed by atoms with Gasteiger partial charge in [-0.3, -0.25) is 0 Å². The maximum absolute atomic E-state index is 9.72. The van der Waals surface area contributed by atoms with E-state index in [-0.39, 0.29) is 0 Å². The normalized spacial score (nSPS) is 22.8. The number of hydrogen-bond donors (Lipinski definition) is 1. The molecule has 1 N–H and O–H groups in total. The van der Waals surface area contributed by atoms with Crippen LogP contribution >= 0.6 is 24.0 Å². The smallest absolute Gasteiger partial charge is 0.138 e. The van der Waals surface area contributed by atoms with Crippen molar-refractivity contribution >= 4 is 28.3 Å². The van der Waals surface area contributed by atoms with E-state index < -0.39 is 6.23 Å². The summed E-state index contributed by atoms with van der Waals surface area (Å²) in [5.41, 5.74) is 0. The molecule has 0 amide bonds. The number of furan rings is 1. The Morgan fingerprint density at radius 3 is 3.21 bits per heavy atom. The summed E-state index contributed by atoms with van der Waals surface area (Å²) in [4.78, 5) is 1.79. The van der Waals surface area contributed by atoms with Gasteiger partial charge in [0.1, 0.15) is 16.3 Å². The lowest BCUT2D eigenvalue weighted by atomic mass is 10.3. The van der Waals surface area contributed by atoms with E-state index in [0.717, 1.165) is 22.3 Å². The molecular weight excluding hydrogens is 218 g/mol. The Kier molecular flexibility index (Phi) is 3.10. The molecule has 1 atom stereocenters. The van der Waals surface area contributed by atoms with Crippen LogP contribution in [0.25, 0.3) is 0 Å². The van der Waals surface area contributed by atoms with Gasteiger partial charge in [0.05, 0.1) is 12.8 Å². The zero-order chi connectivity index (χ0) is 9.97. The molecule has 14 heavy (non-hydrogen) atoms. The summed E-state index contributed by atoms with van der Waals surface area (Å²) in [5, 5.41) is 9.72. The lowest BCUT2D eigenvalue weighted by molar-refractivity contribution is 0.0445. The number of aliphatic hydroxyl groups excluding tert-OH is 1. The molecule has 1 aliphatic heterocycles. The number of thiocarbonyl (C=S) groups is 1. The second-order valence-corrected chi connectivity index (χ2v) is 4.82. The zero-order valence-electron chi connectivity index (χ0n) is 7.55. The first-order chi connectivity index (χ1) is 6.77. The Balaban J connectivity index is 2.04. The summed E-state index contributed by atoms with van der Waals surface area (Å²) in [6, 6.07) is 3.72. The minimum absolute atomic E-state index is 0.464. The van der Waals surface area contributed by atoms with Gasteiger partial charge in [0.15, 0.2) is 0 Å². The van der Waals surface area contributed by atoms with E-state index in [9.17, 15) is 5.11 Å². The van der Waals surface area contributed by atoms with E-state index in [4.69, 9.17) is 16.6 Å². The van der Waals surface area contributed by atoms with Crippen molar-refractivity contribution in [2.24, 2.45) is 0 Å². The van der Waals surface area contributed by atoms with Crippen molar-refractivity contribution in [2.45, 2.75) is 19.2 Å². The van der Waals surface area contributed by atoms with Crippen LogP contribution in [0.3, 0.4) is 0 Å². The first-order valence-electron chi connectivity index (χ1n) is 4.41. The van der Waals surface area contributed by atoms with Crippen LogP contribution in [0.1, 0.15) is 12.2 Å². The van der Waals surface area contributed by atoms with Crippen LogP contribution in [0, 0.1) is 0 Å². The largest absolute Gasteiger partial charge is 0.467 e. The first kappa shape index (κ1) is 10.0. The molecule has 1 aromatic heterocycles. The summed E-state index contributed by atoms with van der Waals surface area (Å²) >= 11 is 6.77. The van der Waals surface area contributed by atoms with E-state index >= 15 is 0 Å². The van der Waals surface area contributed by atoms with E-state index in [1.165, 1.54) is 0 Å². The number of nitrogens with zero attached hydrogens (tertiary/aromatic N) is 1. The molecular formula is C9H11NO2S2. The fraction of sp³-hybridized carbons (Fsp3) is 0.444. The van der Waals surface area contributed by atoms with Gasteiger partial charge in [-0.15, -0.1) is 0 Å². The third-order valence-electron chi connectivity index (χ3n) is 2.10. The van der Waals surface area contributed by atoms with E-state index in [2.05, 4.69) is 0 Å². The third kappa shape index (κ3) is 2.10. The molecule has 76 valence electrons. The predicted molar refractivity (Wildman–Crippen MR) is 59.9 cm³/mol. The molecule has 2 rings (SSSR count). The van der Waals surface area contributed by atoms with Gasteiger partial charge in [0.25, 0.3) is 0 Å². The molecule has 0 aliphatic carbocycles. The van der Waals surface area contributed by atoms with E-state index in [1.54, 1.807) is 22.9 Å². The highest BCUT2D eigenvalue weighted by molar-refractivity contribution is 8.22. The Bertz CT molecular complexity index is 313. The molecule has 0 saturated carbocycles. The van der Waals surface area contributed by atoms with Gasteiger partial charge >= 0.3 is 0 Å². The lowest BCUT2D eigenvalue weighted by Crippen LogP contribution is -2.40. The van der Waals surface area contributed by atoms with Gasteiger partial charge in [0, 0.05) is 12.2 Å². The van der Waals surface area contributed by atoms with Crippen molar-refractivity contribution in [1.82, 2.24) is 4.90 Å². The minimum atomic E-state index is -0.464. The van der Waals surface area contributed by atoms with E-state index in [0.29, 0.717) is 6.54 Å². The third-order valence-corrected chi connectivity index (χ3v) is 3.61. The average molecular weight is 229 g/mol. The Labute approximate surface area is 92.1 Å². The van der Waals surface area contributed by atoms with Crippen LogP contribution in [-0.2, 0) is 6.54 Å². The highest BCUT2D eigenvalue weighted by atomic mass is 32.2. The van der Waals surface area contributed by atoms with E-state index in [1.807, 2.05) is 12.1 Å². The maximum Gasteiger partial charge on any atom is 0.138 e. The summed E-state index contributed by atoms with van der Waals surface area (Å²) in [5.74, 6) is 1.73. The quantitative estimate of drug-likeness (QED) is 0.783. The second-order valence-electron chi connectivity index (χ2n) is 3.09. The molecule has 1 aliphatic rings. The highest BCUT2D eigenvalue weighted by Crippen LogP contribution is 2.23. The number of aliphatic hydroxyl groups is 1. The second kappa shape index (κ2) is 4.33. The van der Waals surface area contributed by atoms with Crippen LogP contribution in [0.2, 0.25) is 0 Å². The zero-order valence-corrected chi connectivity index (χ0v) is 9.18. The summed E-state index contributed by atoms with van der Waals surface area (Å²) in [7, 11) is 0. The standard InChI is InChI=1S/C9H11NO2S2/c11-8-3-5-14-9(13)10(8)6-7-2-1-4-12-7/h1-2,4,8,11H,3,5-6H2/t8-/m0/s1. The van der Waals surface area contributed by atoms with Gasteiger partial charge in [-0.05, 0) is 12.1 Å². The first-order valence-corrected chi connectivity index (χ1v) is 5.80. The Hall–Kier alpha value is -0.520. The van der Waals surface area contributed by atoms with Crippen LogP contribution in [0.5, 0.6) is 0 Å². The predicted octanol–water partition coefficient (Wildman–Crippen LogP) is 1.82. The Morgan fingerprint density at radius 2 is 2.57 bits per heavy atom. The van der Waals surface area contributed by atoms with Crippen molar-refractivity contribution in [3.63, 3.8) is 0 Å². The molecule has 0 unspecified atom stereocenters. The molecule has 5 heteroatoms. The van der Waals surface area contributed by atoms with Gasteiger partial charge in [-0.25, -0.2) is 0 Å². The number of hydrogen-bond acceptors (Lipinski definition) is 4.